The van der Waals surface area contributed by atoms with Crippen molar-refractivity contribution in [1.29, 1.82) is 5.41 Å². The van der Waals surface area contributed by atoms with E-state index in [-0.39, 0.29) is 18.3 Å². The van der Waals surface area contributed by atoms with E-state index in [1.54, 1.807) is 12.1 Å². The first-order valence-electron chi connectivity index (χ1n) is 5.18. The van der Waals surface area contributed by atoms with E-state index in [1.807, 2.05) is 6.07 Å². The molecule has 0 bridgehead atoms. The molecule has 0 aliphatic rings. The third kappa shape index (κ3) is 2.59. The Balaban J connectivity index is 2.16. The molecule has 0 unspecified atom stereocenters. The van der Waals surface area contributed by atoms with Crippen LogP contribution in [0.5, 0.6) is 0 Å². The quantitative estimate of drug-likeness (QED) is 0.552. The number of benzene rings is 1. The van der Waals surface area contributed by atoms with Gasteiger partial charge in [-0.05, 0) is 17.7 Å². The maximum atomic E-state index is 12.4. The number of nitrogens with one attached hydrogen (secondary N) is 2. The van der Waals surface area contributed by atoms with E-state index >= 15 is 0 Å². The molecule has 4 N–H and O–H groups in total. The minimum Gasteiger partial charge on any atom is -0.438 e. The lowest BCUT2D eigenvalue weighted by Crippen LogP contribution is -2.28. The predicted octanol–water partition coefficient (Wildman–Crippen LogP) is 1.32. The van der Waals surface area contributed by atoms with Crippen molar-refractivity contribution in [1.82, 2.24) is 10.3 Å². The van der Waals surface area contributed by atoms with Gasteiger partial charge in [0, 0.05) is 6.54 Å². The molecule has 6 heteroatoms. The normalized spacial score (nSPS) is 10.7. The fourth-order valence-electron chi connectivity index (χ4n) is 1.46. The fourth-order valence-corrected chi connectivity index (χ4v) is 1.46. The van der Waals surface area contributed by atoms with E-state index in [9.17, 15) is 4.39 Å². The van der Waals surface area contributed by atoms with Gasteiger partial charge in [-0.25, -0.2) is 9.37 Å². The number of nitrogens with two attached hydrogens (primary N) is 1. The van der Waals surface area contributed by atoms with Crippen molar-refractivity contribution in [3.8, 4) is 0 Å². The van der Waals surface area contributed by atoms with Crippen molar-refractivity contribution >= 4 is 16.9 Å². The molecule has 0 atom stereocenters. The molecule has 90 valence electrons. The van der Waals surface area contributed by atoms with Crippen molar-refractivity contribution in [3.05, 3.63) is 29.7 Å². The Morgan fingerprint density at radius 2 is 2.35 bits per heavy atom. The molecule has 0 aliphatic heterocycles. The number of oxazole rings is 1. The molecule has 0 amide bonds. The van der Waals surface area contributed by atoms with Gasteiger partial charge in [0.15, 0.2) is 12.3 Å². The van der Waals surface area contributed by atoms with Gasteiger partial charge in [-0.2, -0.15) is 0 Å². The van der Waals surface area contributed by atoms with Gasteiger partial charge in [-0.1, -0.05) is 6.07 Å². The number of halogens is 1. The van der Waals surface area contributed by atoms with Gasteiger partial charge in [0.05, 0.1) is 6.54 Å². The van der Waals surface area contributed by atoms with Crippen molar-refractivity contribution in [2.75, 3.05) is 6.54 Å². The maximum absolute atomic E-state index is 12.4. The molecule has 0 spiro atoms. The molecule has 1 heterocycles. The van der Waals surface area contributed by atoms with Crippen LogP contribution in [0.1, 0.15) is 11.5 Å². The first-order valence-corrected chi connectivity index (χ1v) is 5.18. The van der Waals surface area contributed by atoms with Crippen LogP contribution in [0.3, 0.4) is 0 Å². The standard InChI is InChI=1S/C11H13FN4O/c12-4-11-16-8-2-1-7(3-9(8)17-11)6-15-10(14)5-13/h1-3H,4-6,13H2,(H2,14,15). The number of aromatic nitrogens is 1. The van der Waals surface area contributed by atoms with E-state index in [1.165, 1.54) is 0 Å². The summed E-state index contributed by atoms with van der Waals surface area (Å²) in [5.74, 6) is 0.354. The molecule has 17 heavy (non-hydrogen) atoms. The highest BCUT2D eigenvalue weighted by atomic mass is 19.1. The maximum Gasteiger partial charge on any atom is 0.226 e. The van der Waals surface area contributed by atoms with Crippen molar-refractivity contribution in [2.24, 2.45) is 5.73 Å². The minimum atomic E-state index is -0.708. The molecule has 1 aromatic carbocycles. The number of alkyl halides is 1. The first kappa shape index (κ1) is 11.5. The Morgan fingerprint density at radius 3 is 3.06 bits per heavy atom. The largest absolute Gasteiger partial charge is 0.438 e. The average Bonchev–Trinajstić information content (AvgIpc) is 2.77. The van der Waals surface area contributed by atoms with Gasteiger partial charge in [0.2, 0.25) is 5.89 Å². The number of amidine groups is 1. The highest BCUT2D eigenvalue weighted by Crippen LogP contribution is 2.17. The lowest BCUT2D eigenvalue weighted by Gasteiger charge is -2.05. The molecule has 2 rings (SSSR count). The predicted molar refractivity (Wildman–Crippen MR) is 62.4 cm³/mol. The first-order chi connectivity index (χ1) is 8.22. The summed E-state index contributed by atoms with van der Waals surface area (Å²) in [7, 11) is 0. The van der Waals surface area contributed by atoms with Crippen LogP contribution in [0.15, 0.2) is 22.6 Å². The third-order valence-electron chi connectivity index (χ3n) is 2.32. The number of hydrogen-bond acceptors (Lipinski definition) is 4. The van der Waals surface area contributed by atoms with Crippen molar-refractivity contribution < 1.29 is 8.81 Å². The van der Waals surface area contributed by atoms with Crippen LogP contribution in [0.4, 0.5) is 4.39 Å². The van der Waals surface area contributed by atoms with E-state index in [0.29, 0.717) is 17.6 Å². The van der Waals surface area contributed by atoms with Gasteiger partial charge in [-0.15, -0.1) is 0 Å². The summed E-state index contributed by atoms with van der Waals surface area (Å²) in [5, 5.41) is 10.2. The second-order valence-corrected chi connectivity index (χ2v) is 3.58. The van der Waals surface area contributed by atoms with Crippen LogP contribution in [-0.2, 0) is 13.2 Å². The van der Waals surface area contributed by atoms with Crippen LogP contribution in [0.25, 0.3) is 11.1 Å². The zero-order valence-electron chi connectivity index (χ0n) is 9.16. The van der Waals surface area contributed by atoms with Gasteiger partial charge >= 0.3 is 0 Å². The summed E-state index contributed by atoms with van der Waals surface area (Å²) in [6.45, 7) is -0.0474. The number of nitrogens with zero attached hydrogens (tertiary/aromatic N) is 1. The Kier molecular flexibility index (Phi) is 3.34. The molecule has 0 fully saturated rings. The van der Waals surface area contributed by atoms with Gasteiger partial charge in [-0.3, -0.25) is 5.41 Å². The molecule has 0 aliphatic carbocycles. The lowest BCUT2D eigenvalue weighted by atomic mass is 10.2. The summed E-state index contributed by atoms with van der Waals surface area (Å²) in [6.07, 6.45) is 0. The van der Waals surface area contributed by atoms with Crippen molar-refractivity contribution in [2.45, 2.75) is 13.2 Å². The monoisotopic (exact) mass is 236 g/mol. The smallest absolute Gasteiger partial charge is 0.226 e. The topological polar surface area (TPSA) is 87.9 Å². The molecule has 5 nitrogen and oxygen atoms in total. The van der Waals surface area contributed by atoms with Crippen molar-refractivity contribution in [3.63, 3.8) is 0 Å². The molecular weight excluding hydrogens is 223 g/mol. The van der Waals surface area contributed by atoms with E-state index in [4.69, 9.17) is 15.6 Å². The second-order valence-electron chi connectivity index (χ2n) is 3.58. The zero-order valence-corrected chi connectivity index (χ0v) is 9.16. The highest BCUT2D eigenvalue weighted by Gasteiger charge is 2.06. The van der Waals surface area contributed by atoms with Gasteiger partial charge in [0.1, 0.15) is 11.4 Å². The van der Waals surface area contributed by atoms with Crippen LogP contribution < -0.4 is 11.1 Å². The third-order valence-corrected chi connectivity index (χ3v) is 2.32. The molecule has 1 aromatic heterocycles. The highest BCUT2D eigenvalue weighted by molar-refractivity contribution is 5.80. The Bertz CT molecular complexity index is 537. The van der Waals surface area contributed by atoms with Gasteiger partial charge < -0.3 is 15.5 Å². The number of hydrogen-bond donors (Lipinski definition) is 3. The average molecular weight is 236 g/mol. The van der Waals surface area contributed by atoms with Gasteiger partial charge in [0.25, 0.3) is 0 Å². The van der Waals surface area contributed by atoms with Crippen LogP contribution in [-0.4, -0.2) is 17.4 Å². The summed E-state index contributed by atoms with van der Waals surface area (Å²) in [4.78, 5) is 3.96. The zero-order chi connectivity index (χ0) is 12.3. The van der Waals surface area contributed by atoms with Crippen LogP contribution in [0, 0.1) is 5.41 Å². The van der Waals surface area contributed by atoms with E-state index in [2.05, 4.69) is 10.3 Å². The second kappa shape index (κ2) is 4.92. The summed E-state index contributed by atoms with van der Waals surface area (Å²) in [6, 6.07) is 5.39. The van der Waals surface area contributed by atoms with Crippen LogP contribution >= 0.6 is 0 Å². The summed E-state index contributed by atoms with van der Waals surface area (Å²) >= 11 is 0. The molecular formula is C11H13FN4O. The van der Waals surface area contributed by atoms with Crippen LogP contribution in [0.2, 0.25) is 0 Å². The minimum absolute atomic E-state index is 0.0832. The van der Waals surface area contributed by atoms with E-state index < -0.39 is 6.67 Å². The fraction of sp³-hybridized carbons (Fsp3) is 0.273. The summed E-state index contributed by atoms with van der Waals surface area (Å²) < 4.78 is 17.6. The Hall–Kier alpha value is -1.95. The SMILES string of the molecule is N=C(CN)NCc1ccc2nc(CF)oc2c1. The molecule has 2 aromatic rings. The lowest BCUT2D eigenvalue weighted by molar-refractivity contribution is 0.393. The Labute approximate surface area is 97.3 Å². The molecule has 0 radical (unpaired) electrons. The number of rotatable bonds is 4. The number of fused-ring (bicyclic) bond motifs is 1. The Morgan fingerprint density at radius 1 is 1.53 bits per heavy atom. The van der Waals surface area contributed by atoms with E-state index in [0.717, 1.165) is 5.56 Å². The molecule has 0 saturated carbocycles. The molecule has 0 saturated heterocycles. The summed E-state index contributed by atoms with van der Waals surface area (Å²) in [5.41, 5.74) is 7.41.